The topological polar surface area (TPSA) is 38.1 Å². The summed E-state index contributed by atoms with van der Waals surface area (Å²) in [5.74, 6) is -0.174. The van der Waals surface area contributed by atoms with Crippen LogP contribution in [0.5, 0.6) is 0 Å². The number of carbonyl (C=O) groups is 1. The van der Waals surface area contributed by atoms with E-state index in [2.05, 4.69) is 9.88 Å². The molecule has 0 amide bonds. The molecule has 1 aliphatic rings. The van der Waals surface area contributed by atoms with Gasteiger partial charge >= 0.3 is 0 Å². The van der Waals surface area contributed by atoms with Gasteiger partial charge in [0, 0.05) is 31.9 Å². The van der Waals surface area contributed by atoms with Crippen molar-refractivity contribution in [1.29, 1.82) is 0 Å². The molecule has 0 bridgehead atoms. The first-order chi connectivity index (χ1) is 10.6. The molecule has 1 aliphatic heterocycles. The molecule has 116 valence electrons. The molecule has 4 nitrogen and oxygen atoms in total. The number of hydrogen-bond acceptors (Lipinski definition) is 3. The van der Waals surface area contributed by atoms with E-state index in [9.17, 15) is 13.6 Å². The molecule has 1 fully saturated rings. The molecule has 0 saturated carbocycles. The molecule has 0 spiro atoms. The molecule has 0 radical (unpaired) electrons. The van der Waals surface area contributed by atoms with E-state index in [1.165, 1.54) is 17.6 Å². The van der Waals surface area contributed by atoms with Gasteiger partial charge in [-0.2, -0.15) is 0 Å². The van der Waals surface area contributed by atoms with Crippen LogP contribution in [0, 0.1) is 0 Å². The van der Waals surface area contributed by atoms with E-state index >= 15 is 0 Å². The molecular formula is C16H17F2N3O. The summed E-state index contributed by atoms with van der Waals surface area (Å²) in [6.45, 7) is 3.15. The van der Waals surface area contributed by atoms with Gasteiger partial charge in [-0.1, -0.05) is 0 Å². The molecule has 0 N–H and O–H groups in total. The van der Waals surface area contributed by atoms with Crippen LogP contribution in [0.25, 0.3) is 11.4 Å². The number of aromatic nitrogens is 2. The minimum atomic E-state index is -2.64. The molecule has 22 heavy (non-hydrogen) atoms. The lowest BCUT2D eigenvalue weighted by molar-refractivity contribution is 0.0938. The first-order valence-corrected chi connectivity index (χ1v) is 7.30. The Morgan fingerprint density at radius 3 is 2.64 bits per heavy atom. The highest BCUT2D eigenvalue weighted by Gasteiger charge is 2.19. The Labute approximate surface area is 127 Å². The first kappa shape index (κ1) is 14.7. The summed E-state index contributed by atoms with van der Waals surface area (Å²) in [5, 5.41) is 0. The van der Waals surface area contributed by atoms with Crippen molar-refractivity contribution in [2.75, 3.05) is 18.0 Å². The third kappa shape index (κ3) is 2.73. The summed E-state index contributed by atoms with van der Waals surface area (Å²) in [5.41, 5.74) is 1.43. The maximum absolute atomic E-state index is 13.2. The summed E-state index contributed by atoms with van der Waals surface area (Å²) in [6, 6.07) is 6.66. The number of rotatable bonds is 3. The predicted molar refractivity (Wildman–Crippen MR) is 80.4 cm³/mol. The quantitative estimate of drug-likeness (QED) is 0.867. The maximum atomic E-state index is 13.2. The van der Waals surface area contributed by atoms with Crippen molar-refractivity contribution in [1.82, 2.24) is 9.55 Å². The second-order valence-corrected chi connectivity index (χ2v) is 5.41. The van der Waals surface area contributed by atoms with Crippen LogP contribution in [0.4, 0.5) is 14.5 Å². The average molecular weight is 305 g/mol. The van der Waals surface area contributed by atoms with E-state index in [4.69, 9.17) is 0 Å². The van der Waals surface area contributed by atoms with Crippen molar-refractivity contribution in [3.8, 4) is 11.4 Å². The number of anilines is 1. The van der Waals surface area contributed by atoms with Crippen LogP contribution in [0.2, 0.25) is 0 Å². The van der Waals surface area contributed by atoms with E-state index in [0.717, 1.165) is 31.6 Å². The normalized spacial score (nSPS) is 14.8. The van der Waals surface area contributed by atoms with Gasteiger partial charge in [-0.05, 0) is 37.1 Å². The second kappa shape index (κ2) is 5.87. The molecular weight excluding hydrogens is 288 g/mol. The highest BCUT2D eigenvalue weighted by Crippen LogP contribution is 2.30. The lowest BCUT2D eigenvalue weighted by atomic mass is 10.2. The summed E-state index contributed by atoms with van der Waals surface area (Å²) in [6.07, 6.45) is 1.10. The Kier molecular flexibility index (Phi) is 3.92. The summed E-state index contributed by atoms with van der Waals surface area (Å²) >= 11 is 0. The number of nitrogens with zero attached hydrogens (tertiary/aromatic N) is 3. The van der Waals surface area contributed by atoms with Crippen molar-refractivity contribution < 1.29 is 13.6 Å². The molecule has 0 aliphatic carbocycles. The standard InChI is InChI=1S/C16H17F2N3O/c1-11(22)21-8-4-5-15(21)13-9-12(20-6-2-3-7-20)10-14(19-13)16(17)18/h4-5,8-10,16H,2-3,6-7H2,1H3. The van der Waals surface area contributed by atoms with Gasteiger partial charge in [0.1, 0.15) is 5.69 Å². The Morgan fingerprint density at radius 1 is 1.27 bits per heavy atom. The number of hydrogen-bond donors (Lipinski definition) is 0. The van der Waals surface area contributed by atoms with Crippen molar-refractivity contribution in [2.24, 2.45) is 0 Å². The van der Waals surface area contributed by atoms with E-state index < -0.39 is 6.43 Å². The molecule has 0 atom stereocenters. The van der Waals surface area contributed by atoms with E-state index in [-0.39, 0.29) is 11.6 Å². The molecule has 0 unspecified atom stereocenters. The average Bonchev–Trinajstić information content (AvgIpc) is 3.18. The van der Waals surface area contributed by atoms with Crippen LogP contribution in [0.15, 0.2) is 30.5 Å². The molecule has 1 saturated heterocycles. The highest BCUT2D eigenvalue weighted by atomic mass is 19.3. The zero-order valence-electron chi connectivity index (χ0n) is 12.3. The van der Waals surface area contributed by atoms with Crippen LogP contribution in [-0.4, -0.2) is 28.5 Å². The smallest absolute Gasteiger partial charge is 0.280 e. The van der Waals surface area contributed by atoms with Gasteiger partial charge in [0.25, 0.3) is 6.43 Å². The fourth-order valence-corrected chi connectivity index (χ4v) is 2.80. The second-order valence-electron chi connectivity index (χ2n) is 5.41. The Hall–Kier alpha value is -2.24. The van der Waals surface area contributed by atoms with Crippen molar-refractivity contribution >= 4 is 11.6 Å². The van der Waals surface area contributed by atoms with Crippen LogP contribution in [-0.2, 0) is 0 Å². The lowest BCUT2D eigenvalue weighted by Gasteiger charge is -2.19. The number of halogens is 2. The number of alkyl halides is 2. The Balaban J connectivity index is 2.09. The largest absolute Gasteiger partial charge is 0.371 e. The minimum Gasteiger partial charge on any atom is -0.371 e. The molecule has 6 heteroatoms. The third-order valence-corrected chi connectivity index (χ3v) is 3.88. The monoisotopic (exact) mass is 305 g/mol. The molecule has 3 rings (SSSR count). The van der Waals surface area contributed by atoms with Crippen molar-refractivity contribution in [3.63, 3.8) is 0 Å². The zero-order chi connectivity index (χ0) is 15.7. The van der Waals surface area contributed by atoms with E-state index in [1.54, 1.807) is 24.4 Å². The fourth-order valence-electron chi connectivity index (χ4n) is 2.80. The summed E-state index contributed by atoms with van der Waals surface area (Å²) in [7, 11) is 0. The van der Waals surface area contributed by atoms with Crippen LogP contribution in [0.3, 0.4) is 0 Å². The van der Waals surface area contributed by atoms with Gasteiger partial charge < -0.3 is 4.90 Å². The lowest BCUT2D eigenvalue weighted by Crippen LogP contribution is -2.18. The summed E-state index contributed by atoms with van der Waals surface area (Å²) < 4.78 is 27.7. The Bertz CT molecular complexity index is 690. The predicted octanol–water partition coefficient (Wildman–Crippen LogP) is 3.75. The van der Waals surface area contributed by atoms with Gasteiger partial charge in [-0.15, -0.1) is 0 Å². The molecule has 2 aromatic heterocycles. The third-order valence-electron chi connectivity index (χ3n) is 3.88. The van der Waals surface area contributed by atoms with Gasteiger partial charge in [0.15, 0.2) is 0 Å². The number of pyridine rings is 1. The van der Waals surface area contributed by atoms with Gasteiger partial charge in [0.05, 0.1) is 11.4 Å². The molecule has 2 aromatic rings. The van der Waals surface area contributed by atoms with Crippen molar-refractivity contribution in [2.45, 2.75) is 26.2 Å². The number of carbonyl (C=O) groups excluding carboxylic acids is 1. The van der Waals surface area contributed by atoms with E-state index in [1.807, 2.05) is 0 Å². The first-order valence-electron chi connectivity index (χ1n) is 7.30. The minimum absolute atomic E-state index is 0.174. The van der Waals surface area contributed by atoms with Crippen LogP contribution >= 0.6 is 0 Å². The Morgan fingerprint density at radius 2 is 2.00 bits per heavy atom. The van der Waals surface area contributed by atoms with Crippen molar-refractivity contribution in [3.05, 3.63) is 36.2 Å². The maximum Gasteiger partial charge on any atom is 0.280 e. The fraction of sp³-hybridized carbons (Fsp3) is 0.375. The highest BCUT2D eigenvalue weighted by molar-refractivity contribution is 5.82. The van der Waals surface area contributed by atoms with Gasteiger partial charge in [-0.3, -0.25) is 9.36 Å². The molecule has 0 aromatic carbocycles. The zero-order valence-corrected chi connectivity index (χ0v) is 12.3. The van der Waals surface area contributed by atoms with Crippen LogP contribution < -0.4 is 4.90 Å². The summed E-state index contributed by atoms with van der Waals surface area (Å²) in [4.78, 5) is 17.8. The van der Waals surface area contributed by atoms with E-state index in [0.29, 0.717) is 11.4 Å². The van der Waals surface area contributed by atoms with Gasteiger partial charge in [0.2, 0.25) is 5.91 Å². The SMILES string of the molecule is CC(=O)n1cccc1-c1cc(N2CCCC2)cc(C(F)F)n1. The molecule has 3 heterocycles. The van der Waals surface area contributed by atoms with Crippen LogP contribution in [0.1, 0.15) is 36.7 Å². The van der Waals surface area contributed by atoms with Gasteiger partial charge in [-0.25, -0.2) is 13.8 Å².